The Morgan fingerprint density at radius 2 is 2.11 bits per heavy atom. The quantitative estimate of drug-likeness (QED) is 0.640. The van der Waals surface area contributed by atoms with Gasteiger partial charge in [0.2, 0.25) is 0 Å². The summed E-state index contributed by atoms with van der Waals surface area (Å²) in [5.74, 6) is 7.50. The lowest BCUT2D eigenvalue weighted by Gasteiger charge is -2.24. The van der Waals surface area contributed by atoms with Gasteiger partial charge in [-0.15, -0.1) is 0 Å². The first kappa shape index (κ1) is 13.1. The van der Waals surface area contributed by atoms with Gasteiger partial charge in [0.15, 0.2) is 0 Å². The van der Waals surface area contributed by atoms with Gasteiger partial charge in [-0.3, -0.25) is 11.3 Å². The Morgan fingerprint density at radius 3 is 2.84 bits per heavy atom. The van der Waals surface area contributed by atoms with E-state index in [0.29, 0.717) is 6.04 Å². The van der Waals surface area contributed by atoms with Crippen LogP contribution in [0.25, 0.3) is 0 Å². The third kappa shape index (κ3) is 2.56. The second-order valence-corrected chi connectivity index (χ2v) is 6.37. The first-order chi connectivity index (χ1) is 9.31. The van der Waals surface area contributed by atoms with Crippen molar-refractivity contribution in [1.29, 1.82) is 0 Å². The zero-order valence-electron chi connectivity index (χ0n) is 12.0. The molecule has 2 nitrogen and oxygen atoms in total. The van der Waals surface area contributed by atoms with E-state index >= 15 is 0 Å². The van der Waals surface area contributed by atoms with Gasteiger partial charge in [-0.25, -0.2) is 0 Å². The number of fused-ring (bicyclic) bond motifs is 1. The second kappa shape index (κ2) is 5.64. The van der Waals surface area contributed by atoms with Crippen LogP contribution >= 0.6 is 0 Å². The molecule has 0 saturated heterocycles. The highest BCUT2D eigenvalue weighted by Crippen LogP contribution is 2.40. The minimum absolute atomic E-state index is 0.349. The maximum Gasteiger partial charge on any atom is 0.0488 e. The van der Waals surface area contributed by atoms with Crippen molar-refractivity contribution in [2.75, 3.05) is 0 Å². The van der Waals surface area contributed by atoms with Gasteiger partial charge in [-0.05, 0) is 60.6 Å². The summed E-state index contributed by atoms with van der Waals surface area (Å²) in [6, 6.07) is 7.39. The van der Waals surface area contributed by atoms with E-state index in [2.05, 4.69) is 30.5 Å². The molecule has 1 aromatic rings. The second-order valence-electron chi connectivity index (χ2n) is 6.37. The Hall–Kier alpha value is -0.860. The highest BCUT2D eigenvalue weighted by molar-refractivity contribution is 5.36. The molecule has 1 saturated carbocycles. The monoisotopic (exact) mass is 258 g/mol. The number of aryl methyl sites for hydroxylation is 2. The van der Waals surface area contributed by atoms with Gasteiger partial charge in [-0.1, -0.05) is 38.0 Å². The fraction of sp³-hybridized carbons (Fsp3) is 0.647. The van der Waals surface area contributed by atoms with Crippen molar-refractivity contribution in [2.24, 2.45) is 17.7 Å². The number of rotatable bonds is 4. The minimum Gasteiger partial charge on any atom is -0.271 e. The number of hydrogen-bond acceptors (Lipinski definition) is 2. The fourth-order valence-electron chi connectivity index (χ4n) is 4.08. The van der Waals surface area contributed by atoms with Crippen LogP contribution in [0.3, 0.4) is 0 Å². The SMILES string of the molecule is CCC1CCC(C(NN)c2ccc3c(c2)CCC3)C1. The van der Waals surface area contributed by atoms with Crippen LogP contribution in [0.1, 0.15) is 61.8 Å². The predicted molar refractivity (Wildman–Crippen MR) is 79.7 cm³/mol. The van der Waals surface area contributed by atoms with Gasteiger partial charge >= 0.3 is 0 Å². The van der Waals surface area contributed by atoms with Crippen molar-refractivity contribution < 1.29 is 0 Å². The number of benzene rings is 1. The van der Waals surface area contributed by atoms with Gasteiger partial charge < -0.3 is 0 Å². The van der Waals surface area contributed by atoms with Crippen molar-refractivity contribution in [1.82, 2.24) is 5.43 Å². The minimum atomic E-state index is 0.349. The molecule has 0 bridgehead atoms. The van der Waals surface area contributed by atoms with Crippen LogP contribution in [0.4, 0.5) is 0 Å². The van der Waals surface area contributed by atoms with Crippen molar-refractivity contribution in [3.05, 3.63) is 34.9 Å². The van der Waals surface area contributed by atoms with Crippen LogP contribution in [0.2, 0.25) is 0 Å². The first-order valence-corrected chi connectivity index (χ1v) is 7.89. The zero-order valence-corrected chi connectivity index (χ0v) is 12.0. The Labute approximate surface area is 116 Å². The van der Waals surface area contributed by atoms with Crippen LogP contribution in [0, 0.1) is 11.8 Å². The largest absolute Gasteiger partial charge is 0.271 e. The Bertz CT molecular complexity index is 441. The van der Waals surface area contributed by atoms with E-state index in [4.69, 9.17) is 5.84 Å². The molecule has 0 aliphatic heterocycles. The lowest BCUT2D eigenvalue weighted by atomic mass is 9.89. The van der Waals surface area contributed by atoms with Crippen molar-refractivity contribution >= 4 is 0 Å². The summed E-state index contributed by atoms with van der Waals surface area (Å²) in [5.41, 5.74) is 7.61. The molecular formula is C17H26N2. The molecule has 1 aromatic carbocycles. The van der Waals surface area contributed by atoms with E-state index in [9.17, 15) is 0 Å². The zero-order chi connectivity index (χ0) is 13.2. The molecule has 0 spiro atoms. The summed E-state index contributed by atoms with van der Waals surface area (Å²) in [6.07, 6.45) is 9.19. The summed E-state index contributed by atoms with van der Waals surface area (Å²) in [5, 5.41) is 0. The summed E-state index contributed by atoms with van der Waals surface area (Å²) >= 11 is 0. The van der Waals surface area contributed by atoms with E-state index in [1.54, 1.807) is 11.1 Å². The van der Waals surface area contributed by atoms with Crippen molar-refractivity contribution in [3.63, 3.8) is 0 Å². The van der Waals surface area contributed by atoms with Crippen molar-refractivity contribution in [3.8, 4) is 0 Å². The topological polar surface area (TPSA) is 38.0 Å². The molecule has 1 fully saturated rings. The molecular weight excluding hydrogens is 232 g/mol. The molecule has 2 aliphatic rings. The summed E-state index contributed by atoms with van der Waals surface area (Å²) < 4.78 is 0. The number of nitrogens with two attached hydrogens (primary N) is 1. The van der Waals surface area contributed by atoms with E-state index in [1.165, 1.54) is 50.5 Å². The standard InChI is InChI=1S/C17H26N2/c1-2-12-6-7-15(10-12)17(19-18)16-9-8-13-4-3-5-14(13)11-16/h8-9,11-12,15,17,19H,2-7,10,18H2,1H3. The van der Waals surface area contributed by atoms with E-state index in [-0.39, 0.29) is 0 Å². The lowest BCUT2D eigenvalue weighted by molar-refractivity contribution is 0.358. The highest BCUT2D eigenvalue weighted by atomic mass is 15.2. The van der Waals surface area contributed by atoms with Gasteiger partial charge in [0.25, 0.3) is 0 Å². The molecule has 0 radical (unpaired) electrons. The number of hydrogen-bond donors (Lipinski definition) is 2. The van der Waals surface area contributed by atoms with Crippen LogP contribution in [-0.4, -0.2) is 0 Å². The van der Waals surface area contributed by atoms with Crippen LogP contribution < -0.4 is 11.3 Å². The van der Waals surface area contributed by atoms with Crippen LogP contribution in [-0.2, 0) is 12.8 Å². The summed E-state index contributed by atoms with van der Waals surface area (Å²) in [6.45, 7) is 2.31. The maximum atomic E-state index is 5.87. The van der Waals surface area contributed by atoms with Gasteiger partial charge in [0.05, 0.1) is 0 Å². The highest BCUT2D eigenvalue weighted by Gasteiger charge is 2.30. The Morgan fingerprint density at radius 1 is 1.26 bits per heavy atom. The molecule has 0 amide bonds. The summed E-state index contributed by atoms with van der Waals surface area (Å²) in [4.78, 5) is 0. The normalized spacial score (nSPS) is 27.5. The van der Waals surface area contributed by atoms with Crippen LogP contribution in [0.5, 0.6) is 0 Å². The average Bonchev–Trinajstić information content (AvgIpc) is 3.07. The fourth-order valence-corrected chi connectivity index (χ4v) is 4.08. The molecule has 3 atom stereocenters. The average molecular weight is 258 g/mol. The molecule has 0 aromatic heterocycles. The van der Waals surface area contributed by atoms with Crippen LogP contribution in [0.15, 0.2) is 18.2 Å². The van der Waals surface area contributed by atoms with E-state index in [1.807, 2.05) is 0 Å². The first-order valence-electron chi connectivity index (χ1n) is 7.89. The van der Waals surface area contributed by atoms with Gasteiger partial charge in [0.1, 0.15) is 0 Å². The van der Waals surface area contributed by atoms with E-state index in [0.717, 1.165) is 11.8 Å². The van der Waals surface area contributed by atoms with E-state index < -0.39 is 0 Å². The molecule has 2 heteroatoms. The Balaban J connectivity index is 1.79. The maximum absolute atomic E-state index is 5.87. The van der Waals surface area contributed by atoms with Crippen molar-refractivity contribution in [2.45, 2.75) is 57.9 Å². The molecule has 3 N–H and O–H groups in total. The smallest absolute Gasteiger partial charge is 0.0488 e. The molecule has 104 valence electrons. The van der Waals surface area contributed by atoms with Gasteiger partial charge in [0, 0.05) is 6.04 Å². The predicted octanol–water partition coefficient (Wildman–Crippen LogP) is 3.51. The number of hydrazine groups is 1. The number of nitrogens with one attached hydrogen (secondary N) is 1. The molecule has 3 unspecified atom stereocenters. The third-order valence-corrected chi connectivity index (χ3v) is 5.29. The summed E-state index contributed by atoms with van der Waals surface area (Å²) in [7, 11) is 0. The van der Waals surface area contributed by atoms with Gasteiger partial charge in [-0.2, -0.15) is 0 Å². The molecule has 0 heterocycles. The molecule has 2 aliphatic carbocycles. The lowest BCUT2D eigenvalue weighted by Crippen LogP contribution is -2.32. The molecule has 3 rings (SSSR count). The third-order valence-electron chi connectivity index (χ3n) is 5.29. The Kier molecular flexibility index (Phi) is 3.90. The molecule has 19 heavy (non-hydrogen) atoms.